The second kappa shape index (κ2) is 4.26. The fourth-order valence-corrected chi connectivity index (χ4v) is 1.73. The number of benzene rings is 1. The van der Waals surface area contributed by atoms with Crippen LogP contribution in [0.25, 0.3) is 0 Å². The molecule has 1 aromatic carbocycles. The molecule has 0 bridgehead atoms. The van der Waals surface area contributed by atoms with E-state index in [0.717, 1.165) is 0 Å². The minimum atomic E-state index is 0.325. The smallest absolute Gasteiger partial charge is 0.211 e. The molecular weight excluding hydrogens is 255 g/mol. The number of rotatable bonds is 2. The quantitative estimate of drug-likeness (QED) is 0.830. The van der Waals surface area contributed by atoms with Gasteiger partial charge in [0.1, 0.15) is 6.07 Å². The van der Waals surface area contributed by atoms with Gasteiger partial charge in [0.05, 0.1) is 16.3 Å². The van der Waals surface area contributed by atoms with E-state index in [0.29, 0.717) is 27.2 Å². The molecule has 13 heavy (non-hydrogen) atoms. The fourth-order valence-electron chi connectivity index (χ4n) is 0.867. The molecule has 5 heteroatoms. The van der Waals surface area contributed by atoms with E-state index in [1.54, 1.807) is 12.1 Å². The van der Waals surface area contributed by atoms with E-state index >= 15 is 0 Å². The molecule has 0 fully saturated rings. The number of hydrogen-bond acceptors (Lipinski definition) is 2. The largest absolute Gasteiger partial charge is 0.326 e. The van der Waals surface area contributed by atoms with Gasteiger partial charge < -0.3 is 5.32 Å². The normalized spacial score (nSPS) is 9.00. The van der Waals surface area contributed by atoms with E-state index in [1.165, 1.54) is 0 Å². The maximum absolute atomic E-state index is 10.2. The lowest BCUT2D eigenvalue weighted by molar-refractivity contribution is -0.105. The summed E-state index contributed by atoms with van der Waals surface area (Å²) >= 11 is 8.98. The van der Waals surface area contributed by atoms with Gasteiger partial charge >= 0.3 is 0 Å². The van der Waals surface area contributed by atoms with Crippen LogP contribution in [0.2, 0.25) is 5.02 Å². The highest BCUT2D eigenvalue weighted by Crippen LogP contribution is 2.29. The number of carbonyl (C=O) groups excluding carboxylic acids is 1. The van der Waals surface area contributed by atoms with Crippen molar-refractivity contribution in [3.63, 3.8) is 0 Å². The Morgan fingerprint density at radius 2 is 2.31 bits per heavy atom. The number of nitrogens with one attached hydrogen (secondary N) is 1. The maximum Gasteiger partial charge on any atom is 0.211 e. The van der Waals surface area contributed by atoms with Crippen molar-refractivity contribution < 1.29 is 4.79 Å². The SMILES string of the molecule is N#Cc1cc(Br)cc(Cl)c1NC=O. The molecule has 0 atom stereocenters. The van der Waals surface area contributed by atoms with Crippen LogP contribution in [-0.2, 0) is 4.79 Å². The molecule has 0 aliphatic rings. The molecule has 0 saturated carbocycles. The molecule has 0 aliphatic heterocycles. The Hall–Kier alpha value is -1.05. The second-order valence-electron chi connectivity index (χ2n) is 2.18. The maximum atomic E-state index is 10.2. The third kappa shape index (κ3) is 2.20. The van der Waals surface area contributed by atoms with Crippen molar-refractivity contribution in [2.24, 2.45) is 0 Å². The summed E-state index contributed by atoms with van der Waals surface area (Å²) in [6.07, 6.45) is 0.482. The standard InChI is InChI=1S/C8H4BrClN2O/c9-6-1-5(3-11)8(12-4-13)7(10)2-6/h1-2,4H,(H,12,13). The summed E-state index contributed by atoms with van der Waals surface area (Å²) in [4.78, 5) is 10.2. The highest BCUT2D eigenvalue weighted by Gasteiger charge is 2.07. The first-order valence-electron chi connectivity index (χ1n) is 3.28. The van der Waals surface area contributed by atoms with Crippen molar-refractivity contribution in [1.82, 2.24) is 0 Å². The molecule has 1 N–H and O–H groups in total. The van der Waals surface area contributed by atoms with E-state index in [1.807, 2.05) is 6.07 Å². The van der Waals surface area contributed by atoms with Gasteiger partial charge in [-0.25, -0.2) is 0 Å². The first-order valence-corrected chi connectivity index (χ1v) is 4.45. The van der Waals surface area contributed by atoms with Gasteiger partial charge in [-0.2, -0.15) is 5.26 Å². The Balaban J connectivity index is 3.31. The molecule has 3 nitrogen and oxygen atoms in total. The van der Waals surface area contributed by atoms with E-state index in [9.17, 15) is 4.79 Å². The van der Waals surface area contributed by atoms with Crippen molar-refractivity contribution in [3.8, 4) is 6.07 Å². The van der Waals surface area contributed by atoms with Gasteiger partial charge in [-0.05, 0) is 12.1 Å². The van der Waals surface area contributed by atoms with Crippen molar-refractivity contribution in [3.05, 3.63) is 27.2 Å². The minimum absolute atomic E-state index is 0.325. The summed E-state index contributed by atoms with van der Waals surface area (Å²) in [5.74, 6) is 0. The zero-order valence-electron chi connectivity index (χ0n) is 6.34. The number of anilines is 1. The van der Waals surface area contributed by atoms with Crippen LogP contribution in [0.15, 0.2) is 16.6 Å². The number of nitrogens with zero attached hydrogens (tertiary/aromatic N) is 1. The highest BCUT2D eigenvalue weighted by molar-refractivity contribution is 9.10. The number of halogens is 2. The van der Waals surface area contributed by atoms with Gasteiger partial charge in [-0.1, -0.05) is 27.5 Å². The molecule has 0 aromatic heterocycles. The first-order chi connectivity index (χ1) is 6.19. The molecule has 1 amide bonds. The van der Waals surface area contributed by atoms with Crippen LogP contribution in [-0.4, -0.2) is 6.41 Å². The number of amides is 1. The Labute approximate surface area is 88.4 Å². The van der Waals surface area contributed by atoms with Crippen LogP contribution in [0.1, 0.15) is 5.56 Å². The van der Waals surface area contributed by atoms with Crippen LogP contribution >= 0.6 is 27.5 Å². The van der Waals surface area contributed by atoms with Crippen LogP contribution in [0.3, 0.4) is 0 Å². The molecular formula is C8H4BrClN2O. The van der Waals surface area contributed by atoms with E-state index in [-0.39, 0.29) is 0 Å². The topological polar surface area (TPSA) is 52.9 Å². The summed E-state index contributed by atoms with van der Waals surface area (Å²) in [7, 11) is 0. The molecule has 0 aliphatic carbocycles. The second-order valence-corrected chi connectivity index (χ2v) is 3.51. The summed E-state index contributed by atoms with van der Waals surface area (Å²) in [6, 6.07) is 5.11. The number of hydrogen-bond donors (Lipinski definition) is 1. The van der Waals surface area contributed by atoms with E-state index in [4.69, 9.17) is 16.9 Å². The van der Waals surface area contributed by atoms with Crippen molar-refractivity contribution in [2.45, 2.75) is 0 Å². The molecule has 0 saturated heterocycles. The van der Waals surface area contributed by atoms with Crippen LogP contribution in [0, 0.1) is 11.3 Å². The Kier molecular flexibility index (Phi) is 3.29. The molecule has 66 valence electrons. The Morgan fingerprint density at radius 3 is 2.85 bits per heavy atom. The van der Waals surface area contributed by atoms with Gasteiger partial charge in [0.25, 0.3) is 0 Å². The summed E-state index contributed by atoms with van der Waals surface area (Å²) in [5.41, 5.74) is 0.661. The highest BCUT2D eigenvalue weighted by atomic mass is 79.9. The van der Waals surface area contributed by atoms with Crippen LogP contribution < -0.4 is 5.32 Å². The molecule has 0 heterocycles. The van der Waals surface area contributed by atoms with Crippen molar-refractivity contribution in [2.75, 3.05) is 5.32 Å². The predicted molar refractivity (Wildman–Crippen MR) is 53.6 cm³/mol. The molecule has 0 radical (unpaired) electrons. The average molecular weight is 259 g/mol. The van der Waals surface area contributed by atoms with Crippen LogP contribution in [0.4, 0.5) is 5.69 Å². The number of carbonyl (C=O) groups is 1. The predicted octanol–water partition coefficient (Wildman–Crippen LogP) is 2.54. The van der Waals surface area contributed by atoms with E-state index in [2.05, 4.69) is 21.2 Å². The third-order valence-electron chi connectivity index (χ3n) is 1.38. The minimum Gasteiger partial charge on any atom is -0.326 e. The van der Waals surface area contributed by atoms with Gasteiger partial charge in [-0.15, -0.1) is 0 Å². The summed E-state index contributed by atoms with van der Waals surface area (Å²) in [5, 5.41) is 11.4. The lowest BCUT2D eigenvalue weighted by Gasteiger charge is -2.04. The first kappa shape index (κ1) is 10.0. The zero-order valence-corrected chi connectivity index (χ0v) is 8.69. The fraction of sp³-hybridized carbons (Fsp3) is 0. The average Bonchev–Trinajstić information content (AvgIpc) is 2.09. The van der Waals surface area contributed by atoms with Gasteiger partial charge in [-0.3, -0.25) is 4.79 Å². The molecule has 0 spiro atoms. The monoisotopic (exact) mass is 258 g/mol. The lowest BCUT2D eigenvalue weighted by Crippen LogP contribution is -1.97. The molecule has 1 rings (SSSR count). The summed E-state index contributed by atoms with van der Waals surface area (Å²) in [6.45, 7) is 0. The van der Waals surface area contributed by atoms with Crippen molar-refractivity contribution >= 4 is 39.6 Å². The van der Waals surface area contributed by atoms with Gasteiger partial charge in [0, 0.05) is 4.47 Å². The van der Waals surface area contributed by atoms with Gasteiger partial charge in [0.2, 0.25) is 6.41 Å². The van der Waals surface area contributed by atoms with Crippen LogP contribution in [0.5, 0.6) is 0 Å². The zero-order chi connectivity index (χ0) is 9.84. The number of nitriles is 1. The Bertz CT molecular complexity index is 386. The lowest BCUT2D eigenvalue weighted by atomic mass is 10.2. The summed E-state index contributed by atoms with van der Waals surface area (Å²) < 4.78 is 0.700. The van der Waals surface area contributed by atoms with Crippen molar-refractivity contribution in [1.29, 1.82) is 5.26 Å². The third-order valence-corrected chi connectivity index (χ3v) is 2.13. The van der Waals surface area contributed by atoms with E-state index < -0.39 is 0 Å². The van der Waals surface area contributed by atoms with Gasteiger partial charge in [0.15, 0.2) is 0 Å². The Morgan fingerprint density at radius 1 is 1.62 bits per heavy atom. The molecule has 1 aromatic rings. The molecule has 0 unspecified atom stereocenters.